The number of nitrogens with zero attached hydrogens (tertiary/aromatic N) is 3. The molecule has 182 valence electrons. The summed E-state index contributed by atoms with van der Waals surface area (Å²) in [7, 11) is 1.50. The maximum absolute atomic E-state index is 11.9. The van der Waals surface area contributed by atoms with E-state index in [1.54, 1.807) is 0 Å². The number of nitrogens with one attached hydrogen (secondary N) is 2. The van der Waals surface area contributed by atoms with Crippen molar-refractivity contribution in [2.75, 3.05) is 30.5 Å². The number of methoxy groups -OCH3 is 1. The quantitative estimate of drug-likeness (QED) is 0.464. The summed E-state index contributed by atoms with van der Waals surface area (Å²) in [6.07, 6.45) is 6.32. The topological polar surface area (TPSA) is 80.7 Å². The van der Waals surface area contributed by atoms with Crippen LogP contribution in [0.4, 0.5) is 11.4 Å². The Kier molecular flexibility index (Phi) is 7.08. The van der Waals surface area contributed by atoms with Crippen molar-refractivity contribution in [1.29, 1.82) is 0 Å². The molecule has 0 aliphatic carbocycles. The Morgan fingerprint density at radius 1 is 1.23 bits per heavy atom. The second-order valence-electron chi connectivity index (χ2n) is 8.75. The third-order valence-electron chi connectivity index (χ3n) is 6.39. The summed E-state index contributed by atoms with van der Waals surface area (Å²) in [5.74, 6) is -0.196. The summed E-state index contributed by atoms with van der Waals surface area (Å²) < 4.78 is 13.1. The van der Waals surface area contributed by atoms with Crippen LogP contribution in [0.5, 0.6) is 0 Å². The number of anilines is 2. The van der Waals surface area contributed by atoms with Crippen molar-refractivity contribution in [3.05, 3.63) is 78.4 Å². The van der Waals surface area contributed by atoms with Crippen LogP contribution in [0.1, 0.15) is 36.3 Å². The molecule has 3 aromatic rings. The first-order valence-electron chi connectivity index (χ1n) is 11.8. The number of rotatable bonds is 8. The second-order valence-corrected chi connectivity index (χ2v) is 9.13. The van der Waals surface area contributed by atoms with Gasteiger partial charge in [-0.05, 0) is 73.6 Å². The number of benzene rings is 1. The SMILES string of the molecule is COCC(=O)Nc1ccc(N2C(=S)N[C@@H](c3ccccn3)[C@H]2c2cccn2C[C@@H]2CCCO2)cc1. The first-order chi connectivity index (χ1) is 17.1. The summed E-state index contributed by atoms with van der Waals surface area (Å²) in [6, 6.07) is 17.6. The minimum atomic E-state index is -0.196. The Hall–Kier alpha value is -3.27. The van der Waals surface area contributed by atoms with Gasteiger partial charge in [0.1, 0.15) is 12.6 Å². The highest BCUT2D eigenvalue weighted by Crippen LogP contribution is 2.42. The van der Waals surface area contributed by atoms with Crippen LogP contribution in [0, 0.1) is 0 Å². The van der Waals surface area contributed by atoms with Gasteiger partial charge >= 0.3 is 0 Å². The minimum Gasteiger partial charge on any atom is -0.376 e. The number of ether oxygens (including phenoxy) is 2. The molecule has 3 atom stereocenters. The maximum Gasteiger partial charge on any atom is 0.250 e. The first kappa shape index (κ1) is 23.5. The van der Waals surface area contributed by atoms with E-state index in [0.29, 0.717) is 10.8 Å². The molecule has 5 rings (SSSR count). The van der Waals surface area contributed by atoms with Crippen LogP contribution >= 0.6 is 12.2 Å². The molecule has 2 aliphatic heterocycles. The van der Waals surface area contributed by atoms with Crippen molar-refractivity contribution in [3.63, 3.8) is 0 Å². The molecular weight excluding hydrogens is 462 g/mol. The molecule has 8 nitrogen and oxygen atoms in total. The van der Waals surface area contributed by atoms with E-state index in [0.717, 1.165) is 43.1 Å². The molecule has 4 heterocycles. The van der Waals surface area contributed by atoms with E-state index in [1.165, 1.54) is 7.11 Å². The van der Waals surface area contributed by atoms with E-state index >= 15 is 0 Å². The van der Waals surface area contributed by atoms with E-state index < -0.39 is 0 Å². The summed E-state index contributed by atoms with van der Waals surface area (Å²) in [4.78, 5) is 18.7. The smallest absolute Gasteiger partial charge is 0.250 e. The van der Waals surface area contributed by atoms with E-state index in [4.69, 9.17) is 21.7 Å². The van der Waals surface area contributed by atoms with Gasteiger partial charge in [-0.15, -0.1) is 0 Å². The van der Waals surface area contributed by atoms with Gasteiger partial charge in [0.2, 0.25) is 5.91 Å². The average molecular weight is 492 g/mol. The standard InChI is InChI=1S/C26H29N5O3S/c1-33-17-23(32)28-18-9-11-19(12-10-18)31-25(24(29-26(31)35)21-7-2-3-13-27-21)22-8-4-14-30(22)16-20-6-5-15-34-20/h2-4,7-14,20,24-25H,5-6,15-17H2,1H3,(H,28,32)(H,29,35)/t20-,24-,25+/m0/s1. The second kappa shape index (κ2) is 10.6. The first-order valence-corrected chi connectivity index (χ1v) is 12.2. The minimum absolute atomic E-state index is 0.0113. The van der Waals surface area contributed by atoms with Crippen LogP contribution in [0.15, 0.2) is 67.0 Å². The normalized spacial score (nSPS) is 21.8. The lowest BCUT2D eigenvalue weighted by atomic mass is 10.0. The molecule has 0 spiro atoms. The average Bonchev–Trinajstić information content (AvgIpc) is 3.61. The van der Waals surface area contributed by atoms with Crippen LogP contribution in [-0.2, 0) is 20.8 Å². The molecule has 1 amide bonds. The molecule has 2 aromatic heterocycles. The molecule has 0 radical (unpaired) electrons. The lowest BCUT2D eigenvalue weighted by Crippen LogP contribution is -2.31. The Balaban J connectivity index is 1.48. The summed E-state index contributed by atoms with van der Waals surface area (Å²) in [5.41, 5.74) is 3.70. The molecule has 9 heteroatoms. The molecule has 2 fully saturated rings. The van der Waals surface area contributed by atoms with Crippen LogP contribution < -0.4 is 15.5 Å². The van der Waals surface area contributed by atoms with E-state index in [1.807, 2.05) is 48.7 Å². The Morgan fingerprint density at radius 3 is 2.80 bits per heavy atom. The van der Waals surface area contributed by atoms with Gasteiger partial charge in [0, 0.05) is 49.7 Å². The van der Waals surface area contributed by atoms with Crippen LogP contribution in [0.3, 0.4) is 0 Å². The largest absolute Gasteiger partial charge is 0.376 e. The zero-order valence-corrected chi connectivity index (χ0v) is 20.4. The summed E-state index contributed by atoms with van der Waals surface area (Å²) in [5, 5.41) is 6.97. The lowest BCUT2D eigenvalue weighted by Gasteiger charge is -2.29. The fourth-order valence-electron chi connectivity index (χ4n) is 4.84. The fraction of sp³-hybridized carbons (Fsp3) is 0.346. The number of hydrogen-bond acceptors (Lipinski definition) is 5. The van der Waals surface area contributed by atoms with Crippen molar-refractivity contribution in [2.45, 2.75) is 37.6 Å². The van der Waals surface area contributed by atoms with Gasteiger partial charge in [-0.2, -0.15) is 0 Å². The molecule has 2 N–H and O–H groups in total. The van der Waals surface area contributed by atoms with Crippen molar-refractivity contribution in [3.8, 4) is 0 Å². The van der Waals surface area contributed by atoms with Crippen molar-refractivity contribution < 1.29 is 14.3 Å². The molecule has 2 aliphatic rings. The van der Waals surface area contributed by atoms with Crippen LogP contribution in [0.25, 0.3) is 0 Å². The zero-order chi connectivity index (χ0) is 24.2. The molecule has 0 saturated carbocycles. The molecule has 1 aromatic carbocycles. The van der Waals surface area contributed by atoms with Gasteiger partial charge in [0.25, 0.3) is 0 Å². The number of carbonyl (C=O) groups excluding carboxylic acids is 1. The fourth-order valence-corrected chi connectivity index (χ4v) is 5.18. The van der Waals surface area contributed by atoms with E-state index in [-0.39, 0.29) is 30.7 Å². The Bertz CT molecular complexity index is 1160. The van der Waals surface area contributed by atoms with Gasteiger partial charge in [0.05, 0.1) is 17.8 Å². The number of hydrogen-bond donors (Lipinski definition) is 2. The number of aromatic nitrogens is 2. The lowest BCUT2D eigenvalue weighted by molar-refractivity contribution is -0.119. The highest BCUT2D eigenvalue weighted by Gasteiger charge is 2.42. The van der Waals surface area contributed by atoms with Gasteiger partial charge in [-0.1, -0.05) is 6.07 Å². The van der Waals surface area contributed by atoms with Gasteiger partial charge in [0.15, 0.2) is 5.11 Å². The monoisotopic (exact) mass is 491 g/mol. The van der Waals surface area contributed by atoms with Crippen LogP contribution in [-0.4, -0.2) is 47.0 Å². The molecule has 0 bridgehead atoms. The Morgan fingerprint density at radius 2 is 2.09 bits per heavy atom. The molecular formula is C26H29N5O3S. The van der Waals surface area contributed by atoms with Crippen molar-refractivity contribution in [2.24, 2.45) is 0 Å². The van der Waals surface area contributed by atoms with E-state index in [2.05, 4.69) is 43.4 Å². The maximum atomic E-state index is 11.9. The van der Waals surface area contributed by atoms with Crippen molar-refractivity contribution >= 4 is 34.6 Å². The third kappa shape index (κ3) is 5.07. The molecule has 2 saturated heterocycles. The van der Waals surface area contributed by atoms with Gasteiger partial charge in [-0.3, -0.25) is 9.78 Å². The van der Waals surface area contributed by atoms with Gasteiger partial charge in [-0.25, -0.2) is 0 Å². The number of carbonyl (C=O) groups is 1. The molecule has 0 unspecified atom stereocenters. The predicted octanol–water partition coefficient (Wildman–Crippen LogP) is 3.82. The van der Waals surface area contributed by atoms with Gasteiger partial charge < -0.3 is 29.6 Å². The zero-order valence-electron chi connectivity index (χ0n) is 19.6. The number of thiocarbonyl (C=S) groups is 1. The number of pyridine rings is 1. The highest BCUT2D eigenvalue weighted by molar-refractivity contribution is 7.80. The summed E-state index contributed by atoms with van der Waals surface area (Å²) in [6.45, 7) is 1.64. The van der Waals surface area contributed by atoms with Crippen molar-refractivity contribution in [1.82, 2.24) is 14.9 Å². The Labute approximate surface area is 210 Å². The summed E-state index contributed by atoms with van der Waals surface area (Å²) >= 11 is 5.84. The number of amides is 1. The van der Waals surface area contributed by atoms with Crippen LogP contribution in [0.2, 0.25) is 0 Å². The van der Waals surface area contributed by atoms with E-state index in [9.17, 15) is 4.79 Å². The third-order valence-corrected chi connectivity index (χ3v) is 6.71. The predicted molar refractivity (Wildman–Crippen MR) is 138 cm³/mol. The highest BCUT2D eigenvalue weighted by atomic mass is 32.1. The molecule has 35 heavy (non-hydrogen) atoms.